The van der Waals surface area contributed by atoms with Gasteiger partial charge in [0.25, 0.3) is 0 Å². The molecule has 1 aromatic carbocycles. The van der Waals surface area contributed by atoms with E-state index in [1.165, 1.54) is 5.56 Å². The zero-order chi connectivity index (χ0) is 14.8. The van der Waals surface area contributed by atoms with Crippen LogP contribution in [0.3, 0.4) is 0 Å². The van der Waals surface area contributed by atoms with Gasteiger partial charge in [-0.3, -0.25) is 0 Å². The summed E-state index contributed by atoms with van der Waals surface area (Å²) in [6.07, 6.45) is 4.59. The lowest BCUT2D eigenvalue weighted by Crippen LogP contribution is -2.63. The van der Waals surface area contributed by atoms with Crippen LogP contribution in [0.25, 0.3) is 0 Å². The van der Waals surface area contributed by atoms with Gasteiger partial charge in [0.05, 0.1) is 0 Å². The second-order valence-electron chi connectivity index (χ2n) is 6.24. The molecule has 0 bridgehead atoms. The minimum Gasteiger partial charge on any atom is -0.489 e. The lowest BCUT2D eigenvalue weighted by Gasteiger charge is -2.53. The number of hydrogen-bond donors (Lipinski definition) is 1. The smallest absolute Gasteiger partial charge is 0.123 e. The summed E-state index contributed by atoms with van der Waals surface area (Å²) in [6, 6.07) is 8.77. The van der Waals surface area contributed by atoms with Gasteiger partial charge in [-0.25, -0.2) is 0 Å². The van der Waals surface area contributed by atoms with Crippen molar-refractivity contribution in [2.45, 2.75) is 71.4 Å². The van der Waals surface area contributed by atoms with Crippen LogP contribution in [0.2, 0.25) is 0 Å². The molecule has 2 rings (SSSR count). The number of benzene rings is 1. The Balaban J connectivity index is 2.19. The molecule has 20 heavy (non-hydrogen) atoms. The predicted molar refractivity (Wildman–Crippen MR) is 85.2 cm³/mol. The average Bonchev–Trinajstić information content (AvgIpc) is 2.48. The third kappa shape index (κ3) is 2.46. The summed E-state index contributed by atoms with van der Waals surface area (Å²) in [5.41, 5.74) is 7.77. The molecule has 0 aliphatic heterocycles. The van der Waals surface area contributed by atoms with Gasteiger partial charge in [0, 0.05) is 17.9 Å². The van der Waals surface area contributed by atoms with E-state index in [4.69, 9.17) is 10.5 Å². The van der Waals surface area contributed by atoms with Gasteiger partial charge in [-0.1, -0.05) is 45.9 Å². The topological polar surface area (TPSA) is 35.2 Å². The molecule has 0 radical (unpaired) electrons. The molecule has 1 aliphatic rings. The molecule has 3 unspecified atom stereocenters. The van der Waals surface area contributed by atoms with Gasteiger partial charge in [0.2, 0.25) is 0 Å². The number of hydrogen-bond acceptors (Lipinski definition) is 2. The van der Waals surface area contributed by atoms with E-state index in [-0.39, 0.29) is 11.5 Å². The lowest BCUT2D eigenvalue weighted by molar-refractivity contribution is -0.0727. The summed E-state index contributed by atoms with van der Waals surface area (Å²) >= 11 is 0. The minimum atomic E-state index is 0.169. The molecule has 1 fully saturated rings. The maximum absolute atomic E-state index is 6.39. The van der Waals surface area contributed by atoms with Gasteiger partial charge in [-0.15, -0.1) is 0 Å². The second kappa shape index (κ2) is 6.17. The maximum Gasteiger partial charge on any atom is 0.123 e. The quantitative estimate of drug-likeness (QED) is 0.830. The van der Waals surface area contributed by atoms with Crippen molar-refractivity contribution in [2.24, 2.45) is 11.1 Å². The molecular formula is C18H29NO. The van der Waals surface area contributed by atoms with Crippen LogP contribution >= 0.6 is 0 Å². The number of para-hydroxylation sites is 1. The summed E-state index contributed by atoms with van der Waals surface area (Å²) < 4.78 is 6.39. The van der Waals surface area contributed by atoms with E-state index in [0.717, 1.165) is 31.4 Å². The maximum atomic E-state index is 6.39. The third-order valence-electron chi connectivity index (χ3n) is 5.50. The van der Waals surface area contributed by atoms with Crippen LogP contribution in [0.5, 0.6) is 5.75 Å². The molecule has 2 nitrogen and oxygen atoms in total. The number of ether oxygens (including phenoxy) is 1. The van der Waals surface area contributed by atoms with Gasteiger partial charge in [0.15, 0.2) is 0 Å². The van der Waals surface area contributed by atoms with Crippen molar-refractivity contribution in [3.63, 3.8) is 0 Å². The first-order valence-corrected chi connectivity index (χ1v) is 8.10. The van der Waals surface area contributed by atoms with Crippen LogP contribution in [0, 0.1) is 5.41 Å². The van der Waals surface area contributed by atoms with Gasteiger partial charge < -0.3 is 10.5 Å². The fraction of sp³-hybridized carbons (Fsp3) is 0.667. The molecule has 0 saturated heterocycles. The standard InChI is InChI=1S/C18H29NO/c1-5-13(4)14-10-8-9-11-15(14)20-17-12-16(19)18(17,6-2)7-3/h8-11,13,16-17H,5-7,12,19H2,1-4H3. The van der Waals surface area contributed by atoms with Crippen molar-refractivity contribution in [2.75, 3.05) is 0 Å². The Kier molecular flexibility index (Phi) is 4.74. The predicted octanol–water partition coefficient (Wildman–Crippen LogP) is 4.48. The van der Waals surface area contributed by atoms with Crippen LogP contribution in [-0.4, -0.2) is 12.1 Å². The summed E-state index contributed by atoms with van der Waals surface area (Å²) in [6.45, 7) is 8.96. The first-order chi connectivity index (χ1) is 9.58. The highest BCUT2D eigenvalue weighted by Crippen LogP contribution is 2.48. The van der Waals surface area contributed by atoms with Crippen molar-refractivity contribution in [3.8, 4) is 5.75 Å². The molecule has 0 aromatic heterocycles. The molecule has 1 saturated carbocycles. The Bertz CT molecular complexity index is 439. The van der Waals surface area contributed by atoms with E-state index >= 15 is 0 Å². The highest BCUT2D eigenvalue weighted by atomic mass is 16.5. The van der Waals surface area contributed by atoms with Crippen molar-refractivity contribution < 1.29 is 4.74 Å². The Morgan fingerprint density at radius 1 is 1.25 bits per heavy atom. The largest absolute Gasteiger partial charge is 0.489 e. The Morgan fingerprint density at radius 3 is 2.45 bits per heavy atom. The monoisotopic (exact) mass is 275 g/mol. The Labute approximate surface area is 123 Å². The van der Waals surface area contributed by atoms with Crippen molar-refractivity contribution in [3.05, 3.63) is 29.8 Å². The van der Waals surface area contributed by atoms with E-state index in [1.807, 2.05) is 0 Å². The molecule has 1 aromatic rings. The molecule has 0 amide bonds. The average molecular weight is 275 g/mol. The van der Waals surface area contributed by atoms with Crippen molar-refractivity contribution in [1.29, 1.82) is 0 Å². The van der Waals surface area contributed by atoms with E-state index < -0.39 is 0 Å². The zero-order valence-electron chi connectivity index (χ0n) is 13.4. The first kappa shape index (κ1) is 15.4. The van der Waals surface area contributed by atoms with Crippen LogP contribution in [0.1, 0.15) is 64.9 Å². The molecule has 112 valence electrons. The first-order valence-electron chi connectivity index (χ1n) is 8.10. The van der Waals surface area contributed by atoms with Crippen LogP contribution in [0.15, 0.2) is 24.3 Å². The number of nitrogens with two attached hydrogens (primary N) is 1. The minimum absolute atomic E-state index is 0.169. The van der Waals surface area contributed by atoms with Crippen LogP contribution in [0.4, 0.5) is 0 Å². The Hall–Kier alpha value is -1.02. The van der Waals surface area contributed by atoms with Gasteiger partial charge in [-0.05, 0) is 36.8 Å². The molecule has 3 atom stereocenters. The highest BCUT2D eigenvalue weighted by molar-refractivity contribution is 5.36. The van der Waals surface area contributed by atoms with Crippen molar-refractivity contribution in [1.82, 2.24) is 0 Å². The highest BCUT2D eigenvalue weighted by Gasteiger charge is 2.52. The van der Waals surface area contributed by atoms with Crippen molar-refractivity contribution >= 4 is 0 Å². The fourth-order valence-corrected chi connectivity index (χ4v) is 3.54. The molecule has 2 N–H and O–H groups in total. The molecular weight excluding hydrogens is 246 g/mol. The van der Waals surface area contributed by atoms with E-state index in [9.17, 15) is 0 Å². The SMILES string of the molecule is CCC(C)c1ccccc1OC1CC(N)C1(CC)CC. The van der Waals surface area contributed by atoms with Gasteiger partial charge >= 0.3 is 0 Å². The molecule has 2 heteroatoms. The van der Waals surface area contributed by atoms with Crippen LogP contribution < -0.4 is 10.5 Å². The molecule has 1 aliphatic carbocycles. The van der Waals surface area contributed by atoms with E-state index in [1.54, 1.807) is 0 Å². The van der Waals surface area contributed by atoms with E-state index in [2.05, 4.69) is 52.0 Å². The summed E-state index contributed by atoms with van der Waals surface area (Å²) in [4.78, 5) is 0. The summed E-state index contributed by atoms with van der Waals surface area (Å²) in [5, 5.41) is 0. The normalized spacial score (nSPS) is 25.9. The Morgan fingerprint density at radius 2 is 1.90 bits per heavy atom. The third-order valence-corrected chi connectivity index (χ3v) is 5.50. The summed E-state index contributed by atoms with van der Waals surface area (Å²) in [7, 11) is 0. The van der Waals surface area contributed by atoms with Crippen LogP contribution in [-0.2, 0) is 0 Å². The van der Waals surface area contributed by atoms with E-state index in [0.29, 0.717) is 12.0 Å². The lowest BCUT2D eigenvalue weighted by atomic mass is 9.59. The van der Waals surface area contributed by atoms with Gasteiger partial charge in [-0.2, -0.15) is 0 Å². The number of rotatable bonds is 6. The zero-order valence-corrected chi connectivity index (χ0v) is 13.4. The fourth-order valence-electron chi connectivity index (χ4n) is 3.54. The van der Waals surface area contributed by atoms with Gasteiger partial charge in [0.1, 0.15) is 11.9 Å². The molecule has 0 heterocycles. The summed E-state index contributed by atoms with van der Waals surface area (Å²) in [5.74, 6) is 1.60. The molecule has 0 spiro atoms. The second-order valence-corrected chi connectivity index (χ2v) is 6.24.